The fourth-order valence-corrected chi connectivity index (χ4v) is 1.89. The maximum absolute atomic E-state index is 5.56. The first kappa shape index (κ1) is 11.4. The fraction of sp³-hybridized carbons (Fsp3) is 0.833. The molecule has 1 aliphatic heterocycles. The second-order valence-corrected chi connectivity index (χ2v) is 3.98. The van der Waals surface area contributed by atoms with Gasteiger partial charge in [0.05, 0.1) is 0 Å². The third kappa shape index (κ3) is 3.24. The average molecular weight is 198 g/mol. The van der Waals surface area contributed by atoms with Crippen LogP contribution in [0.2, 0.25) is 0 Å². The van der Waals surface area contributed by atoms with Crippen LogP contribution in [0.3, 0.4) is 0 Å². The minimum atomic E-state index is -0.317. The van der Waals surface area contributed by atoms with Gasteiger partial charge in [0.1, 0.15) is 12.5 Å². The van der Waals surface area contributed by atoms with Gasteiger partial charge in [0.25, 0.3) is 0 Å². The first-order valence-corrected chi connectivity index (χ1v) is 5.83. The summed E-state index contributed by atoms with van der Waals surface area (Å²) in [6, 6.07) is 0. The van der Waals surface area contributed by atoms with E-state index in [0.29, 0.717) is 0 Å². The third-order valence-corrected chi connectivity index (χ3v) is 2.66. The van der Waals surface area contributed by atoms with Crippen LogP contribution in [-0.4, -0.2) is 5.79 Å². The lowest BCUT2D eigenvalue weighted by Gasteiger charge is -2.27. The Labute approximate surface area is 87.3 Å². The molecule has 2 heteroatoms. The van der Waals surface area contributed by atoms with Crippen molar-refractivity contribution in [3.63, 3.8) is 0 Å². The van der Waals surface area contributed by atoms with Crippen molar-refractivity contribution in [3.8, 4) is 0 Å². The number of ether oxygens (including phenoxy) is 2. The molecule has 0 bridgehead atoms. The minimum absolute atomic E-state index is 0.317. The summed E-state index contributed by atoms with van der Waals surface area (Å²) in [5.41, 5.74) is 0. The molecule has 0 fully saturated rings. The van der Waals surface area contributed by atoms with Crippen LogP contribution in [0.15, 0.2) is 12.5 Å². The topological polar surface area (TPSA) is 18.5 Å². The molecule has 14 heavy (non-hydrogen) atoms. The van der Waals surface area contributed by atoms with Gasteiger partial charge in [0.2, 0.25) is 5.79 Å². The molecule has 0 N–H and O–H groups in total. The Morgan fingerprint density at radius 2 is 1.57 bits per heavy atom. The summed E-state index contributed by atoms with van der Waals surface area (Å²) < 4.78 is 11.1. The summed E-state index contributed by atoms with van der Waals surface area (Å²) in [5.74, 6) is -0.317. The third-order valence-electron chi connectivity index (χ3n) is 2.66. The van der Waals surface area contributed by atoms with Crippen molar-refractivity contribution < 1.29 is 9.47 Å². The van der Waals surface area contributed by atoms with Crippen molar-refractivity contribution in [2.45, 2.75) is 64.6 Å². The van der Waals surface area contributed by atoms with Crippen molar-refractivity contribution in [1.82, 2.24) is 0 Å². The standard InChI is InChI=1S/C12H22O2/c1-3-5-6-7-9-12(8-4-2)13-10-11-14-12/h10-11H,3-9H2,1-2H3. The van der Waals surface area contributed by atoms with Gasteiger partial charge in [-0.1, -0.05) is 33.1 Å². The summed E-state index contributed by atoms with van der Waals surface area (Å²) in [6.45, 7) is 4.39. The Bertz CT molecular complexity index is 167. The quantitative estimate of drug-likeness (QED) is 0.576. The van der Waals surface area contributed by atoms with Crippen LogP contribution >= 0.6 is 0 Å². The van der Waals surface area contributed by atoms with Crippen LogP contribution in [0.4, 0.5) is 0 Å². The molecule has 1 aliphatic rings. The highest BCUT2D eigenvalue weighted by atomic mass is 16.7. The van der Waals surface area contributed by atoms with E-state index in [0.717, 1.165) is 19.3 Å². The first-order valence-electron chi connectivity index (χ1n) is 5.83. The normalized spacial score (nSPS) is 17.9. The van der Waals surface area contributed by atoms with Gasteiger partial charge >= 0.3 is 0 Å². The van der Waals surface area contributed by atoms with Crippen LogP contribution in [0.1, 0.15) is 58.8 Å². The molecule has 0 unspecified atom stereocenters. The van der Waals surface area contributed by atoms with E-state index >= 15 is 0 Å². The van der Waals surface area contributed by atoms with Crippen molar-refractivity contribution >= 4 is 0 Å². The van der Waals surface area contributed by atoms with E-state index < -0.39 is 0 Å². The zero-order chi connectivity index (χ0) is 10.3. The second-order valence-electron chi connectivity index (χ2n) is 3.98. The Balaban J connectivity index is 2.22. The summed E-state index contributed by atoms with van der Waals surface area (Å²) in [6.07, 6.45) is 11.6. The van der Waals surface area contributed by atoms with Crippen molar-refractivity contribution in [3.05, 3.63) is 12.5 Å². The van der Waals surface area contributed by atoms with E-state index in [1.807, 2.05) is 0 Å². The van der Waals surface area contributed by atoms with E-state index in [1.165, 1.54) is 25.7 Å². The number of rotatable bonds is 7. The largest absolute Gasteiger partial charge is 0.457 e. The minimum Gasteiger partial charge on any atom is -0.457 e. The van der Waals surface area contributed by atoms with Crippen LogP contribution in [-0.2, 0) is 9.47 Å². The van der Waals surface area contributed by atoms with Crippen LogP contribution in [0.25, 0.3) is 0 Å². The molecule has 1 heterocycles. The zero-order valence-corrected chi connectivity index (χ0v) is 9.42. The molecule has 0 saturated heterocycles. The summed E-state index contributed by atoms with van der Waals surface area (Å²) in [7, 11) is 0. The maximum atomic E-state index is 5.56. The summed E-state index contributed by atoms with van der Waals surface area (Å²) in [4.78, 5) is 0. The smallest absolute Gasteiger partial charge is 0.249 e. The highest BCUT2D eigenvalue weighted by Gasteiger charge is 2.33. The maximum Gasteiger partial charge on any atom is 0.249 e. The number of hydrogen-bond donors (Lipinski definition) is 0. The second kappa shape index (κ2) is 5.94. The molecule has 1 rings (SSSR count). The molecule has 0 radical (unpaired) electrons. The molecular weight excluding hydrogens is 176 g/mol. The Hall–Kier alpha value is -0.660. The van der Waals surface area contributed by atoms with Gasteiger partial charge in [0, 0.05) is 12.8 Å². The monoisotopic (exact) mass is 198 g/mol. The predicted octanol–water partition coefficient (Wildman–Crippen LogP) is 3.97. The molecule has 0 aromatic carbocycles. The van der Waals surface area contributed by atoms with E-state index in [9.17, 15) is 0 Å². The summed E-state index contributed by atoms with van der Waals surface area (Å²) in [5, 5.41) is 0. The first-order chi connectivity index (χ1) is 6.83. The van der Waals surface area contributed by atoms with Crippen LogP contribution in [0, 0.1) is 0 Å². The van der Waals surface area contributed by atoms with Gasteiger partial charge in [-0.05, 0) is 12.8 Å². The highest BCUT2D eigenvalue weighted by molar-refractivity contribution is 4.83. The van der Waals surface area contributed by atoms with Crippen LogP contribution < -0.4 is 0 Å². The summed E-state index contributed by atoms with van der Waals surface area (Å²) >= 11 is 0. The molecule has 0 amide bonds. The van der Waals surface area contributed by atoms with Crippen molar-refractivity contribution in [2.24, 2.45) is 0 Å². The molecule has 0 spiro atoms. The van der Waals surface area contributed by atoms with Gasteiger partial charge in [-0.15, -0.1) is 0 Å². The van der Waals surface area contributed by atoms with Crippen molar-refractivity contribution in [1.29, 1.82) is 0 Å². The Kier molecular flexibility index (Phi) is 4.85. The van der Waals surface area contributed by atoms with E-state index in [-0.39, 0.29) is 5.79 Å². The molecule has 82 valence electrons. The molecule has 0 aromatic heterocycles. The van der Waals surface area contributed by atoms with Gasteiger partial charge in [-0.3, -0.25) is 0 Å². The highest BCUT2D eigenvalue weighted by Crippen LogP contribution is 2.31. The van der Waals surface area contributed by atoms with E-state index in [4.69, 9.17) is 9.47 Å². The Morgan fingerprint density at radius 1 is 0.857 bits per heavy atom. The SMILES string of the molecule is CCCCCCC1(CCC)OC=CO1. The fourth-order valence-electron chi connectivity index (χ4n) is 1.89. The molecule has 0 atom stereocenters. The Morgan fingerprint density at radius 3 is 2.14 bits per heavy atom. The van der Waals surface area contributed by atoms with Gasteiger partial charge in [0.15, 0.2) is 0 Å². The molecular formula is C12H22O2. The van der Waals surface area contributed by atoms with Crippen molar-refractivity contribution in [2.75, 3.05) is 0 Å². The molecule has 0 aliphatic carbocycles. The lowest BCUT2D eigenvalue weighted by molar-refractivity contribution is -0.152. The molecule has 0 saturated carbocycles. The van der Waals surface area contributed by atoms with Gasteiger partial charge in [-0.25, -0.2) is 0 Å². The molecule has 0 aromatic rings. The number of hydrogen-bond acceptors (Lipinski definition) is 2. The van der Waals surface area contributed by atoms with Gasteiger partial charge in [-0.2, -0.15) is 0 Å². The van der Waals surface area contributed by atoms with Crippen LogP contribution in [0.5, 0.6) is 0 Å². The molecule has 2 nitrogen and oxygen atoms in total. The zero-order valence-electron chi connectivity index (χ0n) is 9.42. The van der Waals surface area contributed by atoms with E-state index in [2.05, 4.69) is 13.8 Å². The lowest BCUT2D eigenvalue weighted by Crippen LogP contribution is -2.29. The number of unbranched alkanes of at least 4 members (excludes halogenated alkanes) is 3. The predicted molar refractivity (Wildman–Crippen MR) is 57.7 cm³/mol. The van der Waals surface area contributed by atoms with E-state index in [1.54, 1.807) is 12.5 Å². The lowest BCUT2D eigenvalue weighted by atomic mass is 10.0. The average Bonchev–Trinajstić information content (AvgIpc) is 2.63. The van der Waals surface area contributed by atoms with Gasteiger partial charge < -0.3 is 9.47 Å².